The maximum atomic E-state index is 12.6. The Kier molecular flexibility index (Phi) is 4.34. The highest BCUT2D eigenvalue weighted by Gasteiger charge is 2.55. The molecule has 0 radical (unpaired) electrons. The fraction of sp³-hybridized carbons (Fsp3) is 0.444. The molecule has 2 aliphatic rings. The van der Waals surface area contributed by atoms with Crippen molar-refractivity contribution in [3.05, 3.63) is 24.3 Å². The van der Waals surface area contributed by atoms with Gasteiger partial charge in [0, 0.05) is 13.1 Å². The minimum atomic E-state index is -0.793. The molecule has 1 aromatic rings. The van der Waals surface area contributed by atoms with Gasteiger partial charge in [0.15, 0.2) is 0 Å². The number of rotatable bonds is 4. The van der Waals surface area contributed by atoms with Crippen molar-refractivity contribution in [2.24, 2.45) is 11.3 Å². The van der Waals surface area contributed by atoms with Crippen LogP contribution in [0.1, 0.15) is 19.3 Å². The number of urea groups is 1. The van der Waals surface area contributed by atoms with Crippen molar-refractivity contribution >= 4 is 17.7 Å². The van der Waals surface area contributed by atoms with Gasteiger partial charge in [0.25, 0.3) is 0 Å². The number of hydrogen-bond donors (Lipinski definition) is 2. The molecule has 1 heterocycles. The number of ether oxygens (including phenoxy) is 1. The van der Waals surface area contributed by atoms with Crippen LogP contribution in [0, 0.1) is 23.7 Å². The molecule has 1 saturated heterocycles. The molecule has 6 nitrogen and oxygen atoms in total. The molecule has 1 aromatic carbocycles. The Morgan fingerprint density at radius 3 is 2.96 bits per heavy atom. The molecule has 1 saturated carbocycles. The number of aliphatic carboxylic acids is 1. The molecule has 2 N–H and O–H groups in total. The third-order valence-corrected chi connectivity index (χ3v) is 5.02. The molecule has 1 aliphatic carbocycles. The van der Waals surface area contributed by atoms with E-state index in [4.69, 9.17) is 11.2 Å². The minimum Gasteiger partial charge on any atom is -0.481 e. The van der Waals surface area contributed by atoms with Gasteiger partial charge in [-0.05, 0) is 30.9 Å². The van der Waals surface area contributed by atoms with Crippen molar-refractivity contribution in [2.45, 2.75) is 19.3 Å². The first kappa shape index (κ1) is 16.2. The zero-order chi connectivity index (χ0) is 17.2. The second-order valence-electron chi connectivity index (χ2n) is 6.35. The highest BCUT2D eigenvalue weighted by Crippen LogP contribution is 2.49. The summed E-state index contributed by atoms with van der Waals surface area (Å²) < 4.78 is 5.42. The molecule has 0 unspecified atom stereocenters. The number of nitrogens with zero attached hydrogens (tertiary/aromatic N) is 1. The molecule has 2 amide bonds. The van der Waals surface area contributed by atoms with Crippen LogP contribution in [-0.4, -0.2) is 41.7 Å². The number of benzene rings is 1. The Bertz CT molecular complexity index is 697. The Balaban J connectivity index is 1.71. The number of anilines is 1. The van der Waals surface area contributed by atoms with Gasteiger partial charge < -0.3 is 20.1 Å². The van der Waals surface area contributed by atoms with Crippen LogP contribution in [-0.2, 0) is 4.79 Å². The standard InChI is InChI=1S/C18H20N2O4/c1-2-10-24-15-8-4-3-7-14(15)19-17(23)20-11-13-6-5-9-18(13,12-20)16(21)22/h1,3-4,7-8,13H,5-6,9-12H2,(H,19,23)(H,21,22)/t13-,18+/m0/s1. The van der Waals surface area contributed by atoms with E-state index >= 15 is 0 Å². The van der Waals surface area contributed by atoms with E-state index in [2.05, 4.69) is 11.2 Å². The van der Waals surface area contributed by atoms with Gasteiger partial charge in [-0.2, -0.15) is 0 Å². The summed E-state index contributed by atoms with van der Waals surface area (Å²) in [6.45, 7) is 0.846. The quantitative estimate of drug-likeness (QED) is 0.832. The fourth-order valence-corrected chi connectivity index (χ4v) is 3.80. The van der Waals surface area contributed by atoms with Gasteiger partial charge >= 0.3 is 12.0 Å². The monoisotopic (exact) mass is 328 g/mol. The normalized spacial score (nSPS) is 25.0. The highest BCUT2D eigenvalue weighted by molar-refractivity contribution is 5.92. The van der Waals surface area contributed by atoms with E-state index in [1.54, 1.807) is 29.2 Å². The zero-order valence-electron chi connectivity index (χ0n) is 13.3. The van der Waals surface area contributed by atoms with Crippen LogP contribution < -0.4 is 10.1 Å². The zero-order valence-corrected chi connectivity index (χ0v) is 13.3. The van der Waals surface area contributed by atoms with Crippen LogP contribution in [0.2, 0.25) is 0 Å². The predicted octanol–water partition coefficient (Wildman–Crippen LogP) is 2.42. The summed E-state index contributed by atoms with van der Waals surface area (Å²) in [7, 11) is 0. The van der Waals surface area contributed by atoms with Crippen LogP contribution in [0.3, 0.4) is 0 Å². The molecule has 0 spiro atoms. The second kappa shape index (κ2) is 6.44. The molecule has 2 fully saturated rings. The van der Waals surface area contributed by atoms with Gasteiger partial charge in [-0.25, -0.2) is 4.79 Å². The van der Waals surface area contributed by atoms with Crippen LogP contribution in [0.5, 0.6) is 5.75 Å². The average molecular weight is 328 g/mol. The predicted molar refractivity (Wildman–Crippen MR) is 88.8 cm³/mol. The summed E-state index contributed by atoms with van der Waals surface area (Å²) >= 11 is 0. The first-order valence-electron chi connectivity index (χ1n) is 8.01. The number of para-hydroxylation sites is 2. The molecule has 0 bridgehead atoms. The Morgan fingerprint density at radius 1 is 1.46 bits per heavy atom. The molecular formula is C18H20N2O4. The number of carbonyl (C=O) groups is 2. The lowest BCUT2D eigenvalue weighted by atomic mass is 9.81. The molecule has 2 atom stereocenters. The first-order chi connectivity index (χ1) is 11.6. The van der Waals surface area contributed by atoms with E-state index in [0.29, 0.717) is 24.4 Å². The smallest absolute Gasteiger partial charge is 0.321 e. The summed E-state index contributed by atoms with van der Waals surface area (Å²) in [6.07, 6.45) is 7.60. The lowest BCUT2D eigenvalue weighted by molar-refractivity contribution is -0.149. The first-order valence-corrected chi connectivity index (χ1v) is 8.01. The summed E-state index contributed by atoms with van der Waals surface area (Å²) in [5.74, 6) is 2.12. The van der Waals surface area contributed by atoms with Crippen LogP contribution in [0.15, 0.2) is 24.3 Å². The van der Waals surface area contributed by atoms with Crippen LogP contribution in [0.4, 0.5) is 10.5 Å². The number of terminal acetylenes is 1. The third kappa shape index (κ3) is 2.78. The van der Waals surface area contributed by atoms with Gasteiger partial charge in [0.1, 0.15) is 12.4 Å². The third-order valence-electron chi connectivity index (χ3n) is 5.02. The van der Waals surface area contributed by atoms with E-state index in [9.17, 15) is 14.7 Å². The summed E-state index contributed by atoms with van der Waals surface area (Å²) in [5, 5.41) is 12.4. The minimum absolute atomic E-state index is 0.0358. The van der Waals surface area contributed by atoms with E-state index in [0.717, 1.165) is 12.8 Å². The van der Waals surface area contributed by atoms with Crippen molar-refractivity contribution < 1.29 is 19.4 Å². The van der Waals surface area contributed by atoms with Gasteiger partial charge in [-0.15, -0.1) is 6.42 Å². The fourth-order valence-electron chi connectivity index (χ4n) is 3.80. The molecule has 24 heavy (non-hydrogen) atoms. The van der Waals surface area contributed by atoms with Gasteiger partial charge in [0.05, 0.1) is 11.1 Å². The number of carboxylic acids is 1. The maximum absolute atomic E-state index is 12.6. The second-order valence-corrected chi connectivity index (χ2v) is 6.35. The van der Waals surface area contributed by atoms with Crippen molar-refractivity contribution in [3.8, 4) is 18.1 Å². The van der Waals surface area contributed by atoms with Gasteiger partial charge in [-0.3, -0.25) is 4.79 Å². The topological polar surface area (TPSA) is 78.9 Å². The Hall–Kier alpha value is -2.68. The molecule has 3 rings (SSSR count). The molecule has 126 valence electrons. The lowest BCUT2D eigenvalue weighted by Crippen LogP contribution is -2.38. The SMILES string of the molecule is C#CCOc1ccccc1NC(=O)N1C[C@@H]2CCC[C@@]2(C(=O)O)C1. The number of carbonyl (C=O) groups excluding carboxylic acids is 1. The van der Waals surface area contributed by atoms with Crippen molar-refractivity contribution in [1.29, 1.82) is 0 Å². The number of carboxylic acid groups (broad SMARTS) is 1. The van der Waals surface area contributed by atoms with Gasteiger partial charge in [0.2, 0.25) is 0 Å². The van der Waals surface area contributed by atoms with Crippen molar-refractivity contribution in [2.75, 3.05) is 25.0 Å². The largest absolute Gasteiger partial charge is 0.481 e. The molecule has 0 aromatic heterocycles. The number of nitrogens with one attached hydrogen (secondary N) is 1. The Morgan fingerprint density at radius 2 is 2.25 bits per heavy atom. The Labute approximate surface area is 140 Å². The maximum Gasteiger partial charge on any atom is 0.321 e. The average Bonchev–Trinajstić information content (AvgIpc) is 3.12. The van der Waals surface area contributed by atoms with Gasteiger partial charge in [-0.1, -0.05) is 24.5 Å². The summed E-state index contributed by atoms with van der Waals surface area (Å²) in [6, 6.07) is 6.73. The van der Waals surface area contributed by atoms with Crippen LogP contribution >= 0.6 is 0 Å². The molecular weight excluding hydrogens is 308 g/mol. The van der Waals surface area contributed by atoms with E-state index in [1.165, 1.54) is 0 Å². The van der Waals surface area contributed by atoms with E-state index in [-0.39, 0.29) is 25.1 Å². The van der Waals surface area contributed by atoms with Crippen molar-refractivity contribution in [1.82, 2.24) is 4.90 Å². The van der Waals surface area contributed by atoms with E-state index < -0.39 is 11.4 Å². The number of hydrogen-bond acceptors (Lipinski definition) is 3. The number of fused-ring (bicyclic) bond motifs is 1. The number of likely N-dealkylation sites (tertiary alicyclic amines) is 1. The lowest BCUT2D eigenvalue weighted by Gasteiger charge is -2.23. The highest BCUT2D eigenvalue weighted by atomic mass is 16.5. The van der Waals surface area contributed by atoms with E-state index in [1.807, 2.05) is 0 Å². The summed E-state index contributed by atoms with van der Waals surface area (Å²) in [4.78, 5) is 25.9. The molecule has 1 aliphatic heterocycles. The van der Waals surface area contributed by atoms with Crippen LogP contribution in [0.25, 0.3) is 0 Å². The van der Waals surface area contributed by atoms with Crippen molar-refractivity contribution in [3.63, 3.8) is 0 Å². The molecule has 6 heteroatoms. The number of amides is 2. The summed E-state index contributed by atoms with van der Waals surface area (Å²) in [5.41, 5.74) is -0.254.